The molecule has 9 heteroatoms. The summed E-state index contributed by atoms with van der Waals surface area (Å²) in [5.74, 6) is -0.275. The third-order valence-corrected chi connectivity index (χ3v) is 7.88. The van der Waals surface area contributed by atoms with Crippen LogP contribution in [-0.2, 0) is 19.9 Å². The molecule has 0 bridgehead atoms. The topological polar surface area (TPSA) is 99.2 Å². The van der Waals surface area contributed by atoms with Crippen LogP contribution in [0, 0.1) is 11.3 Å². The van der Waals surface area contributed by atoms with Gasteiger partial charge in [0.15, 0.2) is 0 Å². The summed E-state index contributed by atoms with van der Waals surface area (Å²) in [4.78, 5) is 42.3. The fraction of sp³-hybridized carbons (Fsp3) is 0.607. The number of piperidine rings is 1. The summed E-state index contributed by atoms with van der Waals surface area (Å²) in [6.45, 7) is 14.1. The van der Waals surface area contributed by atoms with Crippen LogP contribution in [0.15, 0.2) is 36.6 Å². The van der Waals surface area contributed by atoms with Crippen molar-refractivity contribution in [2.75, 3.05) is 19.6 Å². The summed E-state index contributed by atoms with van der Waals surface area (Å²) < 4.78 is 5.13. The Morgan fingerprint density at radius 1 is 1.22 bits per heavy atom. The molecule has 0 radical (unpaired) electrons. The van der Waals surface area contributed by atoms with Crippen LogP contribution < -0.4 is 5.32 Å². The number of aliphatic hydroxyl groups is 1. The molecular weight excluding hydrogens is 494 g/mol. The van der Waals surface area contributed by atoms with Gasteiger partial charge >= 0.3 is 6.09 Å². The van der Waals surface area contributed by atoms with E-state index in [4.69, 9.17) is 16.3 Å². The monoisotopic (exact) mass is 533 g/mol. The van der Waals surface area contributed by atoms with Gasteiger partial charge in [0.2, 0.25) is 11.8 Å². The van der Waals surface area contributed by atoms with Gasteiger partial charge in [-0.25, -0.2) is 4.79 Å². The number of ether oxygens (including phenoxy) is 1. The molecule has 0 saturated carbocycles. The summed E-state index contributed by atoms with van der Waals surface area (Å²) in [7, 11) is 0. The second kappa shape index (κ2) is 11.4. The van der Waals surface area contributed by atoms with E-state index in [9.17, 15) is 19.5 Å². The van der Waals surface area contributed by atoms with Gasteiger partial charge in [0.1, 0.15) is 6.04 Å². The summed E-state index contributed by atoms with van der Waals surface area (Å²) in [6.07, 6.45) is 1.46. The minimum atomic E-state index is -1.12. The molecule has 2 heterocycles. The number of halogens is 1. The van der Waals surface area contributed by atoms with Gasteiger partial charge in [0.25, 0.3) is 0 Å². The number of hydrogen-bond acceptors (Lipinski definition) is 5. The van der Waals surface area contributed by atoms with Crippen LogP contribution in [0.5, 0.6) is 0 Å². The number of allylic oxidation sites excluding steroid dienone is 1. The Labute approximate surface area is 225 Å². The molecule has 0 aliphatic carbocycles. The van der Waals surface area contributed by atoms with E-state index in [1.54, 1.807) is 28.9 Å². The van der Waals surface area contributed by atoms with Crippen LogP contribution >= 0.6 is 11.6 Å². The molecule has 3 rings (SSSR count). The molecule has 2 N–H and O–H groups in total. The average Bonchev–Trinajstić information content (AvgIpc) is 3.26. The molecule has 204 valence electrons. The van der Waals surface area contributed by atoms with Crippen LogP contribution in [0.25, 0.3) is 0 Å². The summed E-state index contributed by atoms with van der Waals surface area (Å²) in [5.41, 5.74) is -0.974. The lowest BCUT2D eigenvalue weighted by Crippen LogP contribution is -2.60. The van der Waals surface area contributed by atoms with Crippen LogP contribution in [0.4, 0.5) is 4.79 Å². The summed E-state index contributed by atoms with van der Waals surface area (Å²) in [5, 5.41) is 15.2. The fourth-order valence-corrected chi connectivity index (χ4v) is 5.55. The highest BCUT2D eigenvalue weighted by molar-refractivity contribution is 6.30. The maximum Gasteiger partial charge on any atom is 0.415 e. The van der Waals surface area contributed by atoms with E-state index in [1.165, 1.54) is 0 Å². The number of likely N-dealkylation sites (tertiary alicyclic amines) is 2. The predicted molar refractivity (Wildman–Crippen MR) is 143 cm³/mol. The lowest BCUT2D eigenvalue weighted by Gasteiger charge is -2.51. The first kappa shape index (κ1) is 29.0. The van der Waals surface area contributed by atoms with Gasteiger partial charge in [-0.3, -0.25) is 9.59 Å². The van der Waals surface area contributed by atoms with Crippen molar-refractivity contribution in [3.63, 3.8) is 0 Å². The van der Waals surface area contributed by atoms with E-state index < -0.39 is 23.2 Å². The molecular formula is C28H40ClN3O5. The predicted octanol–water partition coefficient (Wildman–Crippen LogP) is 4.45. The van der Waals surface area contributed by atoms with E-state index in [0.29, 0.717) is 43.3 Å². The quantitative estimate of drug-likeness (QED) is 0.504. The van der Waals surface area contributed by atoms with Crippen molar-refractivity contribution in [3.8, 4) is 0 Å². The van der Waals surface area contributed by atoms with Crippen LogP contribution in [-0.4, -0.2) is 64.5 Å². The highest BCUT2D eigenvalue weighted by Gasteiger charge is 2.50. The molecule has 2 aliphatic heterocycles. The molecule has 1 aromatic carbocycles. The van der Waals surface area contributed by atoms with Crippen molar-refractivity contribution in [2.24, 2.45) is 11.3 Å². The van der Waals surface area contributed by atoms with Gasteiger partial charge in [0, 0.05) is 42.5 Å². The Morgan fingerprint density at radius 2 is 1.86 bits per heavy atom. The largest absolute Gasteiger partial charge is 0.416 e. The van der Waals surface area contributed by atoms with Crippen molar-refractivity contribution >= 4 is 29.5 Å². The molecule has 0 spiro atoms. The Kier molecular flexibility index (Phi) is 8.96. The SMILES string of the molecule is C=C(C)OC(=O)N1CCC[C@H]1CC(=O)N[C@@H](C(=O)N1CC[C@](O)(c2ccc(Cl)cc2)C(C)(C)C1)C(C)C. The number of nitrogens with one attached hydrogen (secondary N) is 1. The molecule has 2 aliphatic rings. The number of benzene rings is 1. The van der Waals surface area contributed by atoms with Crippen LogP contribution in [0.1, 0.15) is 65.9 Å². The number of carbonyl (C=O) groups excluding carboxylic acids is 3. The van der Waals surface area contributed by atoms with Crippen molar-refractivity contribution in [2.45, 2.75) is 78.0 Å². The molecule has 2 fully saturated rings. The van der Waals surface area contributed by atoms with E-state index in [-0.39, 0.29) is 30.2 Å². The van der Waals surface area contributed by atoms with Gasteiger partial charge in [-0.2, -0.15) is 0 Å². The third-order valence-electron chi connectivity index (χ3n) is 7.63. The van der Waals surface area contributed by atoms with E-state index in [2.05, 4.69) is 11.9 Å². The van der Waals surface area contributed by atoms with Gasteiger partial charge < -0.3 is 25.0 Å². The standard InChI is InChI=1S/C28H40ClN3O5/c1-18(2)24(30-23(33)16-22-8-7-14-32(22)26(35)37-19(3)4)25(34)31-15-13-28(36,27(5,6)17-31)20-9-11-21(29)12-10-20/h9-12,18,22,24,36H,3,7-8,13-17H2,1-2,4-6H3,(H,30,33)/t22-,24+,28-/m0/s1. The zero-order valence-corrected chi connectivity index (χ0v) is 23.3. The summed E-state index contributed by atoms with van der Waals surface area (Å²) >= 11 is 6.04. The number of hydrogen-bond donors (Lipinski definition) is 2. The van der Waals surface area contributed by atoms with Crippen molar-refractivity contribution in [1.82, 2.24) is 15.1 Å². The van der Waals surface area contributed by atoms with Gasteiger partial charge in [0.05, 0.1) is 11.4 Å². The number of carbonyl (C=O) groups is 3. The maximum atomic E-state index is 13.6. The molecule has 2 saturated heterocycles. The first-order valence-electron chi connectivity index (χ1n) is 13.0. The van der Waals surface area contributed by atoms with E-state index >= 15 is 0 Å². The molecule has 37 heavy (non-hydrogen) atoms. The van der Waals surface area contributed by atoms with E-state index in [1.807, 2.05) is 39.8 Å². The molecule has 0 unspecified atom stereocenters. The molecule has 3 amide bonds. The number of rotatable bonds is 7. The van der Waals surface area contributed by atoms with Crippen molar-refractivity contribution < 1.29 is 24.2 Å². The normalized spacial score (nSPS) is 24.1. The molecule has 1 aromatic rings. The lowest BCUT2D eigenvalue weighted by molar-refractivity contribution is -0.156. The van der Waals surface area contributed by atoms with Crippen LogP contribution in [0.2, 0.25) is 5.02 Å². The second-order valence-corrected chi connectivity index (χ2v) is 11.8. The number of amides is 3. The minimum Gasteiger partial charge on any atom is -0.416 e. The molecule has 8 nitrogen and oxygen atoms in total. The second-order valence-electron chi connectivity index (χ2n) is 11.3. The average molecular weight is 534 g/mol. The Bertz CT molecular complexity index is 1030. The Balaban J connectivity index is 1.66. The first-order valence-corrected chi connectivity index (χ1v) is 13.3. The third kappa shape index (κ3) is 6.47. The fourth-order valence-electron chi connectivity index (χ4n) is 5.42. The van der Waals surface area contributed by atoms with Crippen molar-refractivity contribution in [3.05, 3.63) is 47.2 Å². The highest BCUT2D eigenvalue weighted by Crippen LogP contribution is 2.46. The van der Waals surface area contributed by atoms with Crippen LogP contribution in [0.3, 0.4) is 0 Å². The lowest BCUT2D eigenvalue weighted by atomic mass is 9.66. The van der Waals surface area contributed by atoms with Crippen molar-refractivity contribution in [1.29, 1.82) is 0 Å². The zero-order valence-electron chi connectivity index (χ0n) is 22.6. The minimum absolute atomic E-state index is 0.101. The Hall–Kier alpha value is -2.58. The summed E-state index contributed by atoms with van der Waals surface area (Å²) in [6, 6.07) is 6.20. The first-order chi connectivity index (χ1) is 17.2. The zero-order chi connectivity index (χ0) is 27.5. The smallest absolute Gasteiger partial charge is 0.415 e. The molecule has 0 aromatic heterocycles. The highest BCUT2D eigenvalue weighted by atomic mass is 35.5. The van der Waals surface area contributed by atoms with Gasteiger partial charge in [-0.05, 0) is 49.8 Å². The van der Waals surface area contributed by atoms with Gasteiger partial charge in [-0.15, -0.1) is 0 Å². The Morgan fingerprint density at radius 3 is 2.43 bits per heavy atom. The molecule has 3 atom stereocenters. The maximum absolute atomic E-state index is 13.6. The number of nitrogens with zero attached hydrogens (tertiary/aromatic N) is 2. The van der Waals surface area contributed by atoms with E-state index in [0.717, 1.165) is 12.0 Å². The van der Waals surface area contributed by atoms with Gasteiger partial charge in [-0.1, -0.05) is 58.0 Å².